The van der Waals surface area contributed by atoms with E-state index in [-0.39, 0.29) is 34.8 Å². The van der Waals surface area contributed by atoms with Gasteiger partial charge in [-0.3, -0.25) is 4.79 Å². The molecule has 0 aromatic heterocycles. The smallest absolute Gasteiger partial charge is 0.264 e. The number of anilines is 1. The van der Waals surface area contributed by atoms with Crippen LogP contribution in [-0.4, -0.2) is 75.0 Å². The van der Waals surface area contributed by atoms with E-state index in [0.29, 0.717) is 38.3 Å². The van der Waals surface area contributed by atoms with E-state index in [1.807, 2.05) is 34.0 Å². The Bertz CT molecular complexity index is 1560. The van der Waals surface area contributed by atoms with Crippen LogP contribution >= 0.6 is 11.6 Å². The van der Waals surface area contributed by atoms with E-state index in [1.54, 1.807) is 25.1 Å². The molecule has 2 aliphatic carbocycles. The van der Waals surface area contributed by atoms with Crippen LogP contribution in [-0.2, 0) is 21.9 Å². The third kappa shape index (κ3) is 6.22. The van der Waals surface area contributed by atoms with Crippen molar-refractivity contribution in [3.63, 3.8) is 0 Å². The second-order valence-corrected chi connectivity index (χ2v) is 17.3. The van der Waals surface area contributed by atoms with Gasteiger partial charge in [0.25, 0.3) is 5.91 Å². The molecule has 2 bridgehead atoms. The second-order valence-electron chi connectivity index (χ2n) is 14.8. The summed E-state index contributed by atoms with van der Waals surface area (Å²) in [4.78, 5) is 18.0. The van der Waals surface area contributed by atoms with Crippen LogP contribution in [0.2, 0.25) is 5.02 Å². The molecule has 1 fully saturated rings. The molecule has 6 rings (SSSR count). The summed E-state index contributed by atoms with van der Waals surface area (Å²) < 4.78 is 35.9. The molecule has 0 saturated heterocycles. The summed E-state index contributed by atoms with van der Waals surface area (Å²) in [7, 11) is 0.0226. The lowest BCUT2D eigenvalue weighted by atomic mass is 9.63. The lowest BCUT2D eigenvalue weighted by molar-refractivity contribution is -0.0857. The van der Waals surface area contributed by atoms with Crippen LogP contribution in [0.1, 0.15) is 80.8 Å². The van der Waals surface area contributed by atoms with Gasteiger partial charge in [0.05, 0.1) is 23.1 Å². The molecule has 4 aliphatic rings. The monoisotopic (exact) mass is 657 g/mol. The molecular weight excluding hydrogens is 610 g/mol. The fourth-order valence-corrected chi connectivity index (χ4v) is 9.94. The Hall–Kier alpha value is -2.33. The molecule has 0 unspecified atom stereocenters. The average molecular weight is 658 g/mol. The third-order valence-corrected chi connectivity index (χ3v) is 13.7. The molecule has 2 N–H and O–H groups in total. The summed E-state index contributed by atoms with van der Waals surface area (Å²) in [6.45, 7) is 7.45. The Kier molecular flexibility index (Phi) is 8.72. The summed E-state index contributed by atoms with van der Waals surface area (Å²) in [5, 5.41) is 12.0. The van der Waals surface area contributed by atoms with Crippen molar-refractivity contribution in [1.29, 1.82) is 0 Å². The number of halogens is 1. The maximum absolute atomic E-state index is 13.5. The zero-order valence-corrected chi connectivity index (χ0v) is 28.8. The first-order valence-electron chi connectivity index (χ1n) is 16.4. The van der Waals surface area contributed by atoms with Gasteiger partial charge in [0.15, 0.2) is 0 Å². The summed E-state index contributed by atoms with van der Waals surface area (Å²) in [6.07, 6.45) is 6.06. The van der Waals surface area contributed by atoms with Crippen LogP contribution in [0.3, 0.4) is 0 Å². The van der Waals surface area contributed by atoms with Crippen molar-refractivity contribution in [2.24, 2.45) is 17.8 Å². The van der Waals surface area contributed by atoms with E-state index in [2.05, 4.69) is 26.7 Å². The van der Waals surface area contributed by atoms with Crippen LogP contribution < -0.4 is 14.4 Å². The van der Waals surface area contributed by atoms with Crippen molar-refractivity contribution >= 4 is 33.2 Å². The number of nitrogens with one attached hydrogen (secondary N) is 1. The molecule has 1 spiro atoms. The molecule has 1 amide bonds. The summed E-state index contributed by atoms with van der Waals surface area (Å²) in [6, 6.07) is 11.4. The molecule has 8 nitrogen and oxygen atoms in total. The number of benzene rings is 2. The molecule has 246 valence electrons. The molecule has 0 radical (unpaired) electrons. The van der Waals surface area contributed by atoms with E-state index < -0.39 is 26.8 Å². The lowest BCUT2D eigenvalue weighted by Crippen LogP contribution is -2.54. The molecule has 45 heavy (non-hydrogen) atoms. The van der Waals surface area contributed by atoms with Crippen molar-refractivity contribution in [2.75, 3.05) is 38.7 Å². The highest BCUT2D eigenvalue weighted by Crippen LogP contribution is 2.49. The first-order valence-corrected chi connectivity index (χ1v) is 18.4. The van der Waals surface area contributed by atoms with Crippen molar-refractivity contribution in [2.45, 2.75) is 88.0 Å². The van der Waals surface area contributed by atoms with Crippen molar-refractivity contribution in [3.05, 3.63) is 58.1 Å². The minimum atomic E-state index is -3.96. The summed E-state index contributed by atoms with van der Waals surface area (Å²) in [5.41, 5.74) is 2.41. The van der Waals surface area contributed by atoms with Crippen LogP contribution in [0.15, 0.2) is 36.4 Å². The highest BCUT2D eigenvalue weighted by molar-refractivity contribution is 7.90. The Labute approximate surface area is 273 Å². The van der Waals surface area contributed by atoms with Gasteiger partial charge in [-0.05, 0) is 132 Å². The maximum atomic E-state index is 13.5. The van der Waals surface area contributed by atoms with Gasteiger partial charge >= 0.3 is 0 Å². The number of aliphatic hydroxyl groups is 1. The molecule has 10 heteroatoms. The predicted molar refractivity (Wildman–Crippen MR) is 179 cm³/mol. The highest BCUT2D eigenvalue weighted by atomic mass is 35.5. The van der Waals surface area contributed by atoms with Crippen molar-refractivity contribution in [3.8, 4) is 5.75 Å². The molecular formula is C35H48ClN3O5S. The minimum absolute atomic E-state index is 0.0164. The number of sulfonamides is 1. The fraction of sp³-hybridized carbons (Fsp3) is 0.629. The van der Waals surface area contributed by atoms with Gasteiger partial charge in [-0.1, -0.05) is 24.6 Å². The maximum Gasteiger partial charge on any atom is 0.264 e. The van der Waals surface area contributed by atoms with Crippen LogP contribution in [0.5, 0.6) is 5.75 Å². The third-order valence-electron chi connectivity index (χ3n) is 11.5. The second kappa shape index (κ2) is 12.0. The zero-order valence-electron chi connectivity index (χ0n) is 27.2. The van der Waals surface area contributed by atoms with Crippen LogP contribution in [0, 0.1) is 17.8 Å². The largest absolute Gasteiger partial charge is 0.490 e. The van der Waals surface area contributed by atoms with Crippen molar-refractivity contribution in [1.82, 2.24) is 9.62 Å². The van der Waals surface area contributed by atoms with E-state index in [4.69, 9.17) is 16.3 Å². The standard InChI is InChI=1S/C35H48ClN3O5S/c1-22-15-28(38(4)5)18-34(3,41)29-11-8-26(29)19-39-20-35(14-6-7-24-16-27(36)10-12-30(24)35)21-44-32-13-9-25(17-31(32)39)33(40)37-45(42,43)23(22)2/h9-10,12-13,16-17,22-23,26,28-29,41H,6-8,11,14-15,18-21H2,1-5H3,(H,37,40)/t22-,23+,26-,28-,29+,34+,35-/m0/s1. The number of hydrogen-bond acceptors (Lipinski definition) is 7. The number of fused-ring (bicyclic) bond motifs is 4. The van der Waals surface area contributed by atoms with E-state index in [1.165, 1.54) is 11.1 Å². The number of carbonyl (C=O) groups excluding carboxylic acids is 1. The number of amides is 1. The SMILES string of the molecule is C[C@@H]1[C@@H](C)C[C@H](N(C)C)C[C@@](C)(O)[C@@H]2CC[C@H]2CN2C[C@@]3(CCCc4cc(Cl)ccc43)COc3ccc(cc32)C(=O)NS1(=O)=O. The van der Waals surface area contributed by atoms with Gasteiger partial charge in [-0.25, -0.2) is 13.1 Å². The molecule has 7 atom stereocenters. The average Bonchev–Trinajstić information content (AvgIpc) is 3.10. The molecule has 2 aromatic carbocycles. The topological polar surface area (TPSA) is 99.2 Å². The zero-order chi connectivity index (χ0) is 32.3. The highest BCUT2D eigenvalue weighted by Gasteiger charge is 2.48. The quantitative estimate of drug-likeness (QED) is 0.424. The first-order chi connectivity index (χ1) is 21.2. The first kappa shape index (κ1) is 32.6. The van der Waals surface area contributed by atoms with Gasteiger partial charge < -0.3 is 19.6 Å². The van der Waals surface area contributed by atoms with Gasteiger partial charge in [-0.2, -0.15) is 0 Å². The van der Waals surface area contributed by atoms with Crippen molar-refractivity contribution < 1.29 is 23.1 Å². The Morgan fingerprint density at radius 1 is 1.13 bits per heavy atom. The normalized spacial score (nSPS) is 35.0. The minimum Gasteiger partial charge on any atom is -0.490 e. The van der Waals surface area contributed by atoms with Gasteiger partial charge in [0, 0.05) is 35.1 Å². The number of nitrogens with zero attached hydrogens (tertiary/aromatic N) is 2. The number of rotatable bonds is 1. The molecule has 2 aromatic rings. The number of hydrogen-bond donors (Lipinski definition) is 2. The Morgan fingerprint density at radius 3 is 2.62 bits per heavy atom. The fourth-order valence-electron chi connectivity index (χ4n) is 8.46. The number of carbonyl (C=O) groups is 1. The van der Waals surface area contributed by atoms with E-state index in [9.17, 15) is 18.3 Å². The molecule has 2 aliphatic heterocycles. The molecule has 2 heterocycles. The number of aryl methyl sites for hydroxylation is 1. The van der Waals surface area contributed by atoms with Gasteiger partial charge in [-0.15, -0.1) is 0 Å². The van der Waals surface area contributed by atoms with Gasteiger partial charge in [0.2, 0.25) is 10.0 Å². The van der Waals surface area contributed by atoms with Crippen LogP contribution in [0.25, 0.3) is 0 Å². The Morgan fingerprint density at radius 2 is 1.91 bits per heavy atom. The van der Waals surface area contributed by atoms with Crippen LogP contribution in [0.4, 0.5) is 5.69 Å². The Balaban J connectivity index is 1.44. The predicted octanol–water partition coefficient (Wildman–Crippen LogP) is 5.40. The van der Waals surface area contributed by atoms with E-state index >= 15 is 0 Å². The summed E-state index contributed by atoms with van der Waals surface area (Å²) >= 11 is 6.42. The molecule has 1 saturated carbocycles. The summed E-state index contributed by atoms with van der Waals surface area (Å²) in [5.74, 6) is 0.196. The van der Waals surface area contributed by atoms with E-state index in [0.717, 1.165) is 42.8 Å². The van der Waals surface area contributed by atoms with Gasteiger partial charge in [0.1, 0.15) is 5.75 Å². The number of ether oxygens (including phenoxy) is 1. The lowest BCUT2D eigenvalue weighted by Gasteiger charge is -2.50.